The summed E-state index contributed by atoms with van der Waals surface area (Å²) in [6.45, 7) is 1.62. The first kappa shape index (κ1) is 19.8. The molecule has 0 saturated heterocycles. The highest BCUT2D eigenvalue weighted by Gasteiger charge is 2.26. The normalized spacial score (nSPS) is 15.3. The number of amides is 2. The quantitative estimate of drug-likeness (QED) is 0.676. The Morgan fingerprint density at radius 2 is 1.80 bits per heavy atom. The number of aryl methyl sites for hydroxylation is 1. The van der Waals surface area contributed by atoms with Crippen LogP contribution in [-0.4, -0.2) is 29.4 Å². The van der Waals surface area contributed by atoms with Crippen LogP contribution in [0.15, 0.2) is 54.6 Å². The Bertz CT molecular complexity index is 1120. The monoisotopic (exact) mass is 402 g/mol. The fourth-order valence-electron chi connectivity index (χ4n) is 3.82. The summed E-state index contributed by atoms with van der Waals surface area (Å²) >= 11 is 0. The maximum absolute atomic E-state index is 13.0. The van der Waals surface area contributed by atoms with Crippen molar-refractivity contribution in [2.24, 2.45) is 5.92 Å². The van der Waals surface area contributed by atoms with Crippen molar-refractivity contribution in [2.75, 3.05) is 6.61 Å². The van der Waals surface area contributed by atoms with Crippen LogP contribution >= 0.6 is 0 Å². The summed E-state index contributed by atoms with van der Waals surface area (Å²) in [5, 5.41) is 2.96. The van der Waals surface area contributed by atoms with E-state index in [1.807, 2.05) is 24.3 Å². The highest BCUT2D eigenvalue weighted by Crippen LogP contribution is 2.31. The largest absolute Gasteiger partial charge is 0.452 e. The Kier molecular flexibility index (Phi) is 5.57. The van der Waals surface area contributed by atoms with Crippen LogP contribution in [0.25, 0.3) is 10.9 Å². The fourth-order valence-corrected chi connectivity index (χ4v) is 3.82. The van der Waals surface area contributed by atoms with Gasteiger partial charge in [-0.15, -0.1) is 0 Å². The van der Waals surface area contributed by atoms with Gasteiger partial charge in [0.05, 0.1) is 11.1 Å². The number of nitrogens with zero attached hydrogens (tertiary/aromatic N) is 1. The highest BCUT2D eigenvalue weighted by atomic mass is 16.5. The molecule has 0 aliphatic heterocycles. The second kappa shape index (κ2) is 8.45. The second-order valence-electron chi connectivity index (χ2n) is 7.60. The maximum atomic E-state index is 13.0. The number of nitrogens with one attached hydrogen (secondary N) is 1. The molecule has 1 N–H and O–H groups in total. The summed E-state index contributed by atoms with van der Waals surface area (Å²) in [5.74, 6) is -1.32. The molecular weight excluding hydrogens is 380 g/mol. The summed E-state index contributed by atoms with van der Waals surface area (Å²) in [4.78, 5) is 41.9. The third-order valence-corrected chi connectivity index (χ3v) is 5.33. The van der Waals surface area contributed by atoms with E-state index < -0.39 is 24.4 Å². The smallest absolute Gasteiger partial charge is 0.339 e. The van der Waals surface area contributed by atoms with Gasteiger partial charge in [-0.05, 0) is 48.9 Å². The Morgan fingerprint density at radius 1 is 1.07 bits per heavy atom. The molecule has 0 radical (unpaired) electrons. The molecule has 2 aromatic carbocycles. The molecule has 4 rings (SSSR count). The van der Waals surface area contributed by atoms with Crippen molar-refractivity contribution < 1.29 is 19.1 Å². The molecule has 0 unspecified atom stereocenters. The minimum absolute atomic E-state index is 0.361. The number of carbonyl (C=O) groups is 3. The summed E-state index contributed by atoms with van der Waals surface area (Å²) in [7, 11) is 0. The lowest BCUT2D eigenvalue weighted by Gasteiger charge is -2.24. The molecule has 2 amide bonds. The van der Waals surface area contributed by atoms with Crippen molar-refractivity contribution >= 4 is 28.7 Å². The van der Waals surface area contributed by atoms with Gasteiger partial charge in [0.25, 0.3) is 11.8 Å². The topological polar surface area (TPSA) is 85.4 Å². The zero-order valence-corrected chi connectivity index (χ0v) is 16.7. The van der Waals surface area contributed by atoms with Gasteiger partial charge in [-0.2, -0.15) is 0 Å². The number of pyridine rings is 1. The van der Waals surface area contributed by atoms with Gasteiger partial charge in [-0.3, -0.25) is 19.9 Å². The van der Waals surface area contributed by atoms with Gasteiger partial charge in [0.2, 0.25) is 0 Å². The molecule has 1 aliphatic carbocycles. The van der Waals surface area contributed by atoms with E-state index >= 15 is 0 Å². The van der Waals surface area contributed by atoms with Crippen LogP contribution in [0.5, 0.6) is 0 Å². The summed E-state index contributed by atoms with van der Waals surface area (Å²) in [6.07, 6.45) is 2.58. The number of ether oxygens (including phenoxy) is 1. The first-order valence-corrected chi connectivity index (χ1v) is 9.99. The molecule has 1 heterocycles. The Morgan fingerprint density at radius 3 is 2.60 bits per heavy atom. The fraction of sp³-hybridized carbons (Fsp3) is 0.250. The minimum atomic E-state index is -0.669. The van der Waals surface area contributed by atoms with Crippen LogP contribution in [0.4, 0.5) is 0 Å². The van der Waals surface area contributed by atoms with Crippen molar-refractivity contribution in [1.82, 2.24) is 10.3 Å². The number of imide groups is 1. The number of esters is 1. The number of hydrogen-bond donors (Lipinski definition) is 1. The van der Waals surface area contributed by atoms with Crippen molar-refractivity contribution in [1.29, 1.82) is 0 Å². The third kappa shape index (κ3) is 4.08. The van der Waals surface area contributed by atoms with E-state index in [0.29, 0.717) is 17.0 Å². The first-order chi connectivity index (χ1) is 14.5. The molecule has 6 nitrogen and oxygen atoms in total. The van der Waals surface area contributed by atoms with E-state index in [9.17, 15) is 14.4 Å². The Balaban J connectivity index is 1.53. The van der Waals surface area contributed by atoms with Crippen LogP contribution in [-0.2, 0) is 22.4 Å². The van der Waals surface area contributed by atoms with Gasteiger partial charge in [-0.25, -0.2) is 4.79 Å². The number of benzene rings is 2. The number of aromatic nitrogens is 1. The maximum Gasteiger partial charge on any atom is 0.339 e. The van der Waals surface area contributed by atoms with E-state index in [4.69, 9.17) is 9.72 Å². The number of para-hydroxylation sites is 1. The molecular formula is C24H22N2O4. The van der Waals surface area contributed by atoms with Crippen LogP contribution in [0, 0.1) is 5.92 Å². The van der Waals surface area contributed by atoms with Crippen molar-refractivity contribution in [3.63, 3.8) is 0 Å². The van der Waals surface area contributed by atoms with Gasteiger partial charge < -0.3 is 4.74 Å². The summed E-state index contributed by atoms with van der Waals surface area (Å²) in [5.41, 5.74) is 3.40. The van der Waals surface area contributed by atoms with E-state index in [-0.39, 0.29) is 0 Å². The van der Waals surface area contributed by atoms with E-state index in [2.05, 4.69) is 12.2 Å². The molecule has 152 valence electrons. The second-order valence-corrected chi connectivity index (χ2v) is 7.60. The van der Waals surface area contributed by atoms with E-state index in [1.54, 1.807) is 30.3 Å². The summed E-state index contributed by atoms with van der Waals surface area (Å²) in [6, 6.07) is 15.8. The zero-order valence-electron chi connectivity index (χ0n) is 16.7. The third-order valence-electron chi connectivity index (χ3n) is 5.33. The Labute approximate surface area is 174 Å². The summed E-state index contributed by atoms with van der Waals surface area (Å²) < 4.78 is 5.31. The molecule has 30 heavy (non-hydrogen) atoms. The predicted molar refractivity (Wildman–Crippen MR) is 112 cm³/mol. The van der Waals surface area contributed by atoms with Crippen LogP contribution in [0.3, 0.4) is 0 Å². The average Bonchev–Trinajstić information content (AvgIpc) is 2.76. The molecule has 1 aromatic heterocycles. The zero-order chi connectivity index (χ0) is 21.1. The average molecular weight is 402 g/mol. The molecule has 3 aromatic rings. The minimum Gasteiger partial charge on any atom is -0.452 e. The molecule has 0 spiro atoms. The van der Waals surface area contributed by atoms with Crippen LogP contribution in [0.1, 0.15) is 45.3 Å². The standard InChI is InChI=1S/C24H22N2O4/c1-15-11-12-20-18(13-15)22(17-9-5-6-10-19(17)25-20)24(29)30-14-21(27)26-23(28)16-7-3-2-4-8-16/h2-10,15H,11-14H2,1H3,(H,26,27,28)/t15-/m0/s1. The number of rotatable bonds is 4. The van der Waals surface area contributed by atoms with Gasteiger partial charge in [0.1, 0.15) is 0 Å². The van der Waals surface area contributed by atoms with E-state index in [0.717, 1.165) is 41.4 Å². The Hall–Kier alpha value is -3.54. The number of carbonyl (C=O) groups excluding carboxylic acids is 3. The predicted octanol–water partition coefficient (Wildman–Crippen LogP) is 3.47. The lowest BCUT2D eigenvalue weighted by molar-refractivity contribution is -0.123. The lowest BCUT2D eigenvalue weighted by Crippen LogP contribution is -2.34. The van der Waals surface area contributed by atoms with Crippen LogP contribution in [0.2, 0.25) is 0 Å². The van der Waals surface area contributed by atoms with Crippen LogP contribution < -0.4 is 5.32 Å². The molecule has 0 saturated carbocycles. The number of hydrogen-bond acceptors (Lipinski definition) is 5. The molecule has 1 atom stereocenters. The van der Waals surface area contributed by atoms with Crippen molar-refractivity contribution in [2.45, 2.75) is 26.2 Å². The lowest BCUT2D eigenvalue weighted by atomic mass is 9.84. The van der Waals surface area contributed by atoms with Crippen molar-refractivity contribution in [3.05, 3.63) is 77.0 Å². The van der Waals surface area contributed by atoms with Gasteiger partial charge in [0, 0.05) is 16.6 Å². The van der Waals surface area contributed by atoms with Crippen molar-refractivity contribution in [3.8, 4) is 0 Å². The highest BCUT2D eigenvalue weighted by molar-refractivity contribution is 6.07. The van der Waals surface area contributed by atoms with Gasteiger partial charge >= 0.3 is 5.97 Å². The van der Waals surface area contributed by atoms with Gasteiger partial charge in [-0.1, -0.05) is 43.3 Å². The SMILES string of the molecule is C[C@H]1CCc2nc3ccccc3c(C(=O)OCC(=O)NC(=O)c3ccccc3)c2C1. The number of fused-ring (bicyclic) bond motifs is 2. The van der Waals surface area contributed by atoms with Gasteiger partial charge in [0.15, 0.2) is 6.61 Å². The van der Waals surface area contributed by atoms with E-state index in [1.165, 1.54) is 0 Å². The molecule has 0 fully saturated rings. The molecule has 0 bridgehead atoms. The first-order valence-electron chi connectivity index (χ1n) is 9.99. The molecule has 1 aliphatic rings. The molecule has 6 heteroatoms.